The summed E-state index contributed by atoms with van der Waals surface area (Å²) in [6, 6.07) is 5.07. The van der Waals surface area contributed by atoms with Crippen LogP contribution in [-0.4, -0.2) is 22.9 Å². The van der Waals surface area contributed by atoms with Gasteiger partial charge in [-0.2, -0.15) is 0 Å². The Labute approximate surface area is 174 Å². The number of aryl methyl sites for hydroxylation is 1. The van der Waals surface area contributed by atoms with Crippen LogP contribution in [0.2, 0.25) is 0 Å². The van der Waals surface area contributed by atoms with E-state index < -0.39 is 0 Å². The molecule has 0 bridgehead atoms. The molecule has 0 atom stereocenters. The molecule has 160 valence electrons. The molecule has 1 heterocycles. The smallest absolute Gasteiger partial charge is 0.297 e. The van der Waals surface area contributed by atoms with Gasteiger partial charge in [-0.25, -0.2) is 0 Å². The minimum absolute atomic E-state index is 0.134. The third kappa shape index (κ3) is 6.28. The van der Waals surface area contributed by atoms with Crippen molar-refractivity contribution in [3.8, 4) is 17.2 Å². The van der Waals surface area contributed by atoms with Gasteiger partial charge in [0.2, 0.25) is 5.75 Å². The zero-order valence-electron chi connectivity index (χ0n) is 18.3. The molecular weight excluding hydrogens is 366 g/mol. The summed E-state index contributed by atoms with van der Waals surface area (Å²) in [5.41, 5.74) is 1.60. The molecule has 2 aromatic rings. The zero-order valence-corrected chi connectivity index (χ0v) is 18.3. The number of unbranched alkanes of at least 4 members (excludes halogenated alkanes) is 4. The Kier molecular flexibility index (Phi) is 9.10. The van der Waals surface area contributed by atoms with Crippen molar-refractivity contribution in [3.63, 3.8) is 0 Å². The third-order valence-electron chi connectivity index (χ3n) is 4.86. The number of fused-ring (bicyclic) bond motifs is 1. The Morgan fingerprint density at radius 2 is 1.79 bits per heavy atom. The van der Waals surface area contributed by atoms with Gasteiger partial charge in [0.05, 0.1) is 12.1 Å². The van der Waals surface area contributed by atoms with E-state index in [1.54, 1.807) is 16.7 Å². The molecule has 0 saturated carbocycles. The van der Waals surface area contributed by atoms with Crippen LogP contribution in [-0.2, 0) is 6.54 Å². The monoisotopic (exact) mass is 401 g/mol. The van der Waals surface area contributed by atoms with E-state index in [9.17, 15) is 9.90 Å². The number of benzene rings is 1. The van der Waals surface area contributed by atoms with Crippen LogP contribution in [0.3, 0.4) is 0 Å². The van der Waals surface area contributed by atoms with E-state index >= 15 is 0 Å². The van der Waals surface area contributed by atoms with Crippen molar-refractivity contribution in [1.29, 1.82) is 0 Å². The fourth-order valence-corrected chi connectivity index (χ4v) is 3.19. The van der Waals surface area contributed by atoms with Crippen molar-refractivity contribution in [1.82, 2.24) is 4.57 Å². The van der Waals surface area contributed by atoms with Gasteiger partial charge in [-0.05, 0) is 44.9 Å². The molecule has 1 aromatic carbocycles. The highest BCUT2D eigenvalue weighted by atomic mass is 16.5. The van der Waals surface area contributed by atoms with Crippen LogP contribution in [0.1, 0.15) is 66.2 Å². The van der Waals surface area contributed by atoms with Crippen molar-refractivity contribution in [2.45, 2.75) is 72.8 Å². The van der Waals surface area contributed by atoms with Gasteiger partial charge in [-0.1, -0.05) is 45.1 Å². The lowest BCUT2D eigenvalue weighted by Gasteiger charge is -2.18. The molecule has 0 spiro atoms. The van der Waals surface area contributed by atoms with Crippen molar-refractivity contribution in [2.75, 3.05) is 13.2 Å². The van der Waals surface area contributed by atoms with Crippen LogP contribution < -0.4 is 15.0 Å². The van der Waals surface area contributed by atoms with Crippen LogP contribution >= 0.6 is 0 Å². The minimum Gasteiger partial charge on any atom is -0.508 e. The average molecular weight is 402 g/mol. The topological polar surface area (TPSA) is 60.7 Å². The highest BCUT2D eigenvalue weighted by Crippen LogP contribution is 2.35. The Bertz CT molecular complexity index is 879. The van der Waals surface area contributed by atoms with E-state index in [4.69, 9.17) is 9.47 Å². The number of rotatable bonds is 12. The van der Waals surface area contributed by atoms with E-state index in [2.05, 4.69) is 13.8 Å². The number of pyridine rings is 1. The molecular formula is C24H35NO4. The Morgan fingerprint density at radius 1 is 1.03 bits per heavy atom. The van der Waals surface area contributed by atoms with Gasteiger partial charge in [-0.3, -0.25) is 4.79 Å². The summed E-state index contributed by atoms with van der Waals surface area (Å²) in [5.74, 6) is 0.873. The summed E-state index contributed by atoms with van der Waals surface area (Å²) >= 11 is 0. The SMILES string of the molecule is CCCCCCOc1c(OCC=C(C)C)c(=O)n(CCCC)c2cc(O)ccc12. The second-order valence-electron chi connectivity index (χ2n) is 7.67. The van der Waals surface area contributed by atoms with Gasteiger partial charge >= 0.3 is 0 Å². The van der Waals surface area contributed by atoms with E-state index in [0.29, 0.717) is 31.0 Å². The van der Waals surface area contributed by atoms with Crippen LogP contribution in [0, 0.1) is 0 Å². The van der Waals surface area contributed by atoms with Crippen molar-refractivity contribution < 1.29 is 14.6 Å². The molecule has 0 aliphatic rings. The van der Waals surface area contributed by atoms with Crippen LogP contribution in [0.25, 0.3) is 10.9 Å². The highest BCUT2D eigenvalue weighted by molar-refractivity contribution is 5.89. The predicted molar refractivity (Wildman–Crippen MR) is 119 cm³/mol. The number of phenolic OH excluding ortho intramolecular Hbond substituents is 1. The van der Waals surface area contributed by atoms with Crippen molar-refractivity contribution in [3.05, 3.63) is 40.2 Å². The molecule has 29 heavy (non-hydrogen) atoms. The molecule has 5 heteroatoms. The number of aromatic nitrogens is 1. The molecule has 0 fully saturated rings. The lowest BCUT2D eigenvalue weighted by atomic mass is 10.1. The Balaban J connectivity index is 2.52. The quantitative estimate of drug-likeness (QED) is 0.360. The maximum Gasteiger partial charge on any atom is 0.297 e. The highest BCUT2D eigenvalue weighted by Gasteiger charge is 2.20. The molecule has 0 unspecified atom stereocenters. The zero-order chi connectivity index (χ0) is 21.2. The first-order valence-corrected chi connectivity index (χ1v) is 10.8. The van der Waals surface area contributed by atoms with E-state index in [1.165, 1.54) is 6.42 Å². The summed E-state index contributed by atoms with van der Waals surface area (Å²) < 4.78 is 13.7. The van der Waals surface area contributed by atoms with Crippen molar-refractivity contribution in [2.24, 2.45) is 0 Å². The maximum absolute atomic E-state index is 13.3. The van der Waals surface area contributed by atoms with E-state index in [-0.39, 0.29) is 17.1 Å². The van der Waals surface area contributed by atoms with E-state index in [1.807, 2.05) is 26.0 Å². The van der Waals surface area contributed by atoms with Gasteiger partial charge in [0.25, 0.3) is 5.56 Å². The molecule has 5 nitrogen and oxygen atoms in total. The maximum atomic E-state index is 13.3. The first-order valence-electron chi connectivity index (χ1n) is 10.8. The predicted octanol–water partition coefficient (Wildman–Crippen LogP) is 5.81. The van der Waals surface area contributed by atoms with Gasteiger partial charge in [0.15, 0.2) is 5.75 Å². The fourth-order valence-electron chi connectivity index (χ4n) is 3.19. The largest absolute Gasteiger partial charge is 0.508 e. The molecule has 0 aliphatic carbocycles. The summed E-state index contributed by atoms with van der Waals surface area (Å²) in [4.78, 5) is 13.3. The molecule has 2 rings (SSSR count). The summed E-state index contributed by atoms with van der Waals surface area (Å²) in [6.07, 6.45) is 8.14. The van der Waals surface area contributed by atoms with Gasteiger partial charge in [-0.15, -0.1) is 0 Å². The first kappa shape index (κ1) is 22.9. The standard InChI is InChI=1S/C24H35NO4/c1-5-7-9-10-15-28-22-20-12-11-19(26)17-21(20)25(14-8-6-2)24(27)23(22)29-16-13-18(3)4/h11-13,17,26H,5-10,14-16H2,1-4H3. The number of nitrogens with zero attached hydrogens (tertiary/aromatic N) is 1. The number of hydrogen-bond donors (Lipinski definition) is 1. The number of ether oxygens (including phenoxy) is 2. The number of hydrogen-bond acceptors (Lipinski definition) is 4. The van der Waals surface area contributed by atoms with E-state index in [0.717, 1.165) is 43.1 Å². The van der Waals surface area contributed by atoms with Gasteiger partial charge < -0.3 is 19.1 Å². The molecule has 0 amide bonds. The summed E-state index contributed by atoms with van der Waals surface area (Å²) in [5, 5.41) is 10.8. The minimum atomic E-state index is -0.206. The molecule has 0 aliphatic heterocycles. The molecule has 0 saturated heterocycles. The average Bonchev–Trinajstić information content (AvgIpc) is 2.68. The number of allylic oxidation sites excluding steroid dienone is 1. The number of phenols is 1. The summed E-state index contributed by atoms with van der Waals surface area (Å²) in [7, 11) is 0. The first-order chi connectivity index (χ1) is 14.0. The third-order valence-corrected chi connectivity index (χ3v) is 4.86. The lowest BCUT2D eigenvalue weighted by molar-refractivity contribution is 0.275. The van der Waals surface area contributed by atoms with Crippen molar-refractivity contribution >= 4 is 10.9 Å². The second kappa shape index (κ2) is 11.5. The van der Waals surface area contributed by atoms with Gasteiger partial charge in [0, 0.05) is 18.0 Å². The molecule has 1 aromatic heterocycles. The second-order valence-corrected chi connectivity index (χ2v) is 7.67. The lowest BCUT2D eigenvalue weighted by Crippen LogP contribution is -2.24. The van der Waals surface area contributed by atoms with Crippen LogP contribution in [0.15, 0.2) is 34.6 Å². The molecule has 0 radical (unpaired) electrons. The van der Waals surface area contributed by atoms with Crippen LogP contribution in [0.4, 0.5) is 0 Å². The Hall–Kier alpha value is -2.43. The molecule has 1 N–H and O–H groups in total. The fraction of sp³-hybridized carbons (Fsp3) is 0.542. The van der Waals surface area contributed by atoms with Gasteiger partial charge in [0.1, 0.15) is 12.4 Å². The summed E-state index contributed by atoms with van der Waals surface area (Å²) in [6.45, 7) is 9.69. The normalized spacial score (nSPS) is 10.9. The number of aromatic hydroxyl groups is 1. The Morgan fingerprint density at radius 3 is 2.48 bits per heavy atom. The van der Waals surface area contributed by atoms with Crippen LogP contribution in [0.5, 0.6) is 17.2 Å².